The van der Waals surface area contributed by atoms with E-state index >= 15 is 0 Å². The molecule has 0 aromatic carbocycles. The molecule has 0 radical (unpaired) electrons. The van der Waals surface area contributed by atoms with Crippen LogP contribution in [0.1, 0.15) is 27.7 Å². The molecule has 0 amide bonds. The average molecular weight is 202 g/mol. The molecule has 1 unspecified atom stereocenters. The van der Waals surface area contributed by atoms with E-state index in [-0.39, 0.29) is 0 Å². The summed E-state index contributed by atoms with van der Waals surface area (Å²) in [6.07, 6.45) is -5.49. The van der Waals surface area contributed by atoms with Crippen LogP contribution in [0, 0.1) is 0 Å². The summed E-state index contributed by atoms with van der Waals surface area (Å²) in [5.41, 5.74) is 0. The molecule has 1 atom stereocenters. The molecule has 0 saturated heterocycles. The summed E-state index contributed by atoms with van der Waals surface area (Å²) in [7, 11) is 0. The summed E-state index contributed by atoms with van der Waals surface area (Å²) in [4.78, 5) is 0. The van der Waals surface area contributed by atoms with Crippen molar-refractivity contribution in [1.29, 1.82) is 0 Å². The van der Waals surface area contributed by atoms with Crippen LogP contribution in [0.15, 0.2) is 0 Å². The molecular formula is C8H17F3O2. The van der Waals surface area contributed by atoms with Gasteiger partial charge in [0.2, 0.25) is 0 Å². The Bertz CT molecular complexity index is 93.6. The second kappa shape index (κ2) is 8.31. The number of aliphatic hydroxyl groups is 1. The number of hydrogen-bond donors (Lipinski definition) is 1. The molecule has 0 aromatic rings. The highest BCUT2D eigenvalue weighted by Gasteiger charge is 2.12. The van der Waals surface area contributed by atoms with Gasteiger partial charge in [0.05, 0.1) is 12.2 Å². The third kappa shape index (κ3) is 18.6. The summed E-state index contributed by atoms with van der Waals surface area (Å²) in [5.74, 6) is 0. The molecule has 0 bridgehead atoms. The van der Waals surface area contributed by atoms with Crippen molar-refractivity contribution in [3.8, 4) is 0 Å². The van der Waals surface area contributed by atoms with E-state index < -0.39 is 12.8 Å². The van der Waals surface area contributed by atoms with Crippen LogP contribution in [0.25, 0.3) is 0 Å². The molecule has 0 aromatic heterocycles. The SMILES string of the molecule is CC(C)OC(C)C.OC(F)C(F)F. The number of aliphatic hydroxyl groups excluding tert-OH is 1. The van der Waals surface area contributed by atoms with E-state index in [2.05, 4.69) is 0 Å². The molecule has 0 spiro atoms. The fraction of sp³-hybridized carbons (Fsp3) is 1.00. The molecule has 0 fully saturated rings. The smallest absolute Gasteiger partial charge is 0.293 e. The third-order valence-corrected chi connectivity index (χ3v) is 0.752. The minimum Gasteiger partial charge on any atom is -0.376 e. The zero-order chi connectivity index (χ0) is 11.0. The van der Waals surface area contributed by atoms with E-state index in [1.165, 1.54) is 0 Å². The number of halogens is 3. The van der Waals surface area contributed by atoms with Crippen LogP contribution in [0.2, 0.25) is 0 Å². The zero-order valence-corrected chi connectivity index (χ0v) is 8.30. The van der Waals surface area contributed by atoms with Crippen LogP contribution in [-0.2, 0) is 4.74 Å². The second-order valence-electron chi connectivity index (χ2n) is 2.94. The summed E-state index contributed by atoms with van der Waals surface area (Å²) in [5, 5.41) is 7.21. The first-order valence-electron chi connectivity index (χ1n) is 4.03. The second-order valence-corrected chi connectivity index (χ2v) is 2.94. The monoisotopic (exact) mass is 202 g/mol. The quantitative estimate of drug-likeness (QED) is 0.761. The molecule has 0 heterocycles. The lowest BCUT2D eigenvalue weighted by Gasteiger charge is -2.09. The van der Waals surface area contributed by atoms with Gasteiger partial charge in [-0.15, -0.1) is 0 Å². The Balaban J connectivity index is 0. The molecule has 2 nitrogen and oxygen atoms in total. The fourth-order valence-electron chi connectivity index (χ4n) is 0.544. The van der Waals surface area contributed by atoms with Gasteiger partial charge in [0.1, 0.15) is 0 Å². The summed E-state index contributed by atoms with van der Waals surface area (Å²) in [6, 6.07) is 0. The van der Waals surface area contributed by atoms with Gasteiger partial charge >= 0.3 is 0 Å². The van der Waals surface area contributed by atoms with Crippen LogP contribution < -0.4 is 0 Å². The topological polar surface area (TPSA) is 29.5 Å². The van der Waals surface area contributed by atoms with Gasteiger partial charge in [-0.25, -0.2) is 13.2 Å². The third-order valence-electron chi connectivity index (χ3n) is 0.752. The maximum absolute atomic E-state index is 10.6. The van der Waals surface area contributed by atoms with E-state index in [0.717, 1.165) is 0 Å². The van der Waals surface area contributed by atoms with Gasteiger partial charge in [-0.2, -0.15) is 0 Å². The van der Waals surface area contributed by atoms with Gasteiger partial charge in [0.25, 0.3) is 12.8 Å². The zero-order valence-electron chi connectivity index (χ0n) is 8.30. The fourth-order valence-corrected chi connectivity index (χ4v) is 0.544. The van der Waals surface area contributed by atoms with Gasteiger partial charge in [-0.1, -0.05) is 0 Å². The van der Waals surface area contributed by atoms with Crippen molar-refractivity contribution in [3.63, 3.8) is 0 Å². The first-order valence-corrected chi connectivity index (χ1v) is 4.03. The lowest BCUT2D eigenvalue weighted by atomic mass is 10.4. The number of alkyl halides is 3. The molecule has 1 N–H and O–H groups in total. The Hall–Kier alpha value is -0.290. The Morgan fingerprint density at radius 1 is 0.923 bits per heavy atom. The van der Waals surface area contributed by atoms with E-state index in [9.17, 15) is 13.2 Å². The van der Waals surface area contributed by atoms with Crippen LogP contribution >= 0.6 is 0 Å². The molecule has 0 aliphatic rings. The van der Waals surface area contributed by atoms with Gasteiger partial charge in [0, 0.05) is 0 Å². The number of hydrogen-bond acceptors (Lipinski definition) is 2. The molecule has 0 aliphatic carbocycles. The van der Waals surface area contributed by atoms with Crippen LogP contribution in [0.3, 0.4) is 0 Å². The normalized spacial score (nSPS) is 13.2. The highest BCUT2D eigenvalue weighted by Crippen LogP contribution is 1.98. The van der Waals surface area contributed by atoms with Crippen LogP contribution in [0.4, 0.5) is 13.2 Å². The first-order chi connectivity index (χ1) is 5.77. The van der Waals surface area contributed by atoms with Gasteiger partial charge in [-0.05, 0) is 27.7 Å². The Morgan fingerprint density at radius 2 is 1.15 bits per heavy atom. The summed E-state index contributed by atoms with van der Waals surface area (Å²) in [6.45, 7) is 8.17. The minimum absolute atomic E-state index is 0.375. The summed E-state index contributed by atoms with van der Waals surface area (Å²) < 4.78 is 36.9. The Labute approximate surface area is 76.7 Å². The van der Waals surface area contributed by atoms with E-state index in [1.54, 1.807) is 0 Å². The predicted molar refractivity (Wildman–Crippen MR) is 44.5 cm³/mol. The first kappa shape index (κ1) is 15.2. The maximum atomic E-state index is 10.6. The molecule has 0 rings (SSSR count). The highest BCUT2D eigenvalue weighted by molar-refractivity contribution is 4.40. The summed E-state index contributed by atoms with van der Waals surface area (Å²) >= 11 is 0. The predicted octanol–water partition coefficient (Wildman–Crippen LogP) is 2.36. The number of rotatable bonds is 3. The Morgan fingerprint density at radius 3 is 1.15 bits per heavy atom. The van der Waals surface area contributed by atoms with Crippen molar-refractivity contribution in [2.75, 3.05) is 0 Å². The molecule has 5 heteroatoms. The number of ether oxygens (including phenoxy) is 1. The van der Waals surface area contributed by atoms with Crippen molar-refractivity contribution in [3.05, 3.63) is 0 Å². The largest absolute Gasteiger partial charge is 0.376 e. The van der Waals surface area contributed by atoms with Crippen molar-refractivity contribution in [1.82, 2.24) is 0 Å². The molecular weight excluding hydrogens is 185 g/mol. The van der Waals surface area contributed by atoms with Crippen molar-refractivity contribution < 1.29 is 23.0 Å². The molecule has 82 valence electrons. The lowest BCUT2D eigenvalue weighted by molar-refractivity contribution is -0.0843. The average Bonchev–Trinajstić information content (AvgIpc) is 1.84. The highest BCUT2D eigenvalue weighted by atomic mass is 19.3. The Kier molecular flexibility index (Phi) is 9.72. The van der Waals surface area contributed by atoms with Crippen molar-refractivity contribution in [2.45, 2.75) is 52.7 Å². The minimum atomic E-state index is -3.26. The van der Waals surface area contributed by atoms with Gasteiger partial charge < -0.3 is 9.84 Å². The van der Waals surface area contributed by atoms with Crippen molar-refractivity contribution >= 4 is 0 Å². The van der Waals surface area contributed by atoms with Crippen LogP contribution in [-0.4, -0.2) is 30.1 Å². The van der Waals surface area contributed by atoms with Crippen LogP contribution in [0.5, 0.6) is 0 Å². The van der Waals surface area contributed by atoms with Gasteiger partial charge in [-0.3, -0.25) is 0 Å². The van der Waals surface area contributed by atoms with Crippen molar-refractivity contribution in [2.24, 2.45) is 0 Å². The van der Waals surface area contributed by atoms with E-state index in [1.807, 2.05) is 27.7 Å². The molecule has 13 heavy (non-hydrogen) atoms. The maximum Gasteiger partial charge on any atom is 0.293 e. The molecule has 0 aliphatic heterocycles. The van der Waals surface area contributed by atoms with Gasteiger partial charge in [0.15, 0.2) is 0 Å². The van der Waals surface area contributed by atoms with E-state index in [4.69, 9.17) is 9.84 Å². The van der Waals surface area contributed by atoms with E-state index in [0.29, 0.717) is 12.2 Å². The molecule has 0 saturated carbocycles. The lowest BCUT2D eigenvalue weighted by Crippen LogP contribution is -2.09. The standard InChI is InChI=1S/C6H14O.C2H3F3O/c1-5(2)7-6(3)4;3-1(4)2(5)6/h5-6H,1-4H3;1-2,6H.